The van der Waals surface area contributed by atoms with Crippen molar-refractivity contribution >= 4 is 29.1 Å². The van der Waals surface area contributed by atoms with Gasteiger partial charge in [0.25, 0.3) is 0 Å². The van der Waals surface area contributed by atoms with Crippen LogP contribution in [-0.4, -0.2) is 30.8 Å². The van der Waals surface area contributed by atoms with Crippen LogP contribution in [0.3, 0.4) is 0 Å². The number of amides is 3. The van der Waals surface area contributed by atoms with Gasteiger partial charge in [-0.15, -0.1) is 0 Å². The van der Waals surface area contributed by atoms with Crippen molar-refractivity contribution in [3.05, 3.63) is 59.2 Å². The Morgan fingerprint density at radius 3 is 2.62 bits per heavy atom. The minimum Gasteiger partial charge on any atom is -0.352 e. The topological polar surface area (TPSA) is 69.7 Å². The molecular weight excluding hydrogens is 416 g/mol. The van der Waals surface area contributed by atoms with Crippen LogP contribution in [-0.2, 0) is 27.3 Å². The van der Waals surface area contributed by atoms with E-state index in [1.807, 2.05) is 23.1 Å². The van der Waals surface area contributed by atoms with Gasteiger partial charge in [-0.3, -0.25) is 14.4 Å². The molecule has 2 fully saturated rings. The third kappa shape index (κ3) is 3.85. The molecule has 2 aromatic rings. The first kappa shape index (κ1) is 20.6. The fraction of sp³-hybridized carbons (Fsp3) is 0.375. The summed E-state index contributed by atoms with van der Waals surface area (Å²) in [6.07, 6.45) is 2.74. The van der Waals surface area contributed by atoms with Crippen LogP contribution >= 0.6 is 0 Å². The fourth-order valence-corrected chi connectivity index (χ4v) is 4.46. The summed E-state index contributed by atoms with van der Waals surface area (Å²) in [7, 11) is 0. The first-order chi connectivity index (χ1) is 15.4. The van der Waals surface area contributed by atoms with Gasteiger partial charge >= 0.3 is 0 Å². The van der Waals surface area contributed by atoms with E-state index < -0.39 is 17.6 Å². The van der Waals surface area contributed by atoms with Gasteiger partial charge in [0.2, 0.25) is 17.7 Å². The van der Waals surface area contributed by atoms with Gasteiger partial charge in [0, 0.05) is 55.0 Å². The molecule has 3 aliphatic rings. The summed E-state index contributed by atoms with van der Waals surface area (Å²) in [5.74, 6) is -2.10. The lowest BCUT2D eigenvalue weighted by atomic mass is 10.1. The molecule has 0 unspecified atom stereocenters. The van der Waals surface area contributed by atoms with Gasteiger partial charge in [0.1, 0.15) is 11.6 Å². The molecule has 0 aromatic heterocycles. The molecule has 6 nitrogen and oxygen atoms in total. The van der Waals surface area contributed by atoms with E-state index in [-0.39, 0.29) is 48.7 Å². The van der Waals surface area contributed by atoms with Crippen molar-refractivity contribution in [3.8, 4) is 0 Å². The molecular formula is C24H23F2N3O3. The van der Waals surface area contributed by atoms with Crippen molar-refractivity contribution in [2.24, 2.45) is 11.8 Å². The number of carbonyl (C=O) groups is 3. The highest BCUT2D eigenvalue weighted by molar-refractivity contribution is 6.02. The summed E-state index contributed by atoms with van der Waals surface area (Å²) >= 11 is 0. The number of nitrogens with zero attached hydrogens (tertiary/aromatic N) is 2. The van der Waals surface area contributed by atoms with Crippen LogP contribution in [0.25, 0.3) is 0 Å². The molecule has 32 heavy (non-hydrogen) atoms. The Morgan fingerprint density at radius 1 is 1.06 bits per heavy atom. The Balaban J connectivity index is 1.24. The second-order valence-corrected chi connectivity index (χ2v) is 8.69. The average Bonchev–Trinajstić information content (AvgIpc) is 3.42. The number of rotatable bonds is 5. The van der Waals surface area contributed by atoms with Gasteiger partial charge in [0.15, 0.2) is 0 Å². The van der Waals surface area contributed by atoms with E-state index in [1.165, 1.54) is 6.07 Å². The third-order valence-electron chi connectivity index (χ3n) is 6.43. The summed E-state index contributed by atoms with van der Waals surface area (Å²) in [5.41, 5.74) is 2.84. The zero-order valence-corrected chi connectivity index (χ0v) is 17.4. The van der Waals surface area contributed by atoms with Crippen molar-refractivity contribution in [3.63, 3.8) is 0 Å². The van der Waals surface area contributed by atoms with Crippen molar-refractivity contribution in [1.82, 2.24) is 5.32 Å². The Hall–Kier alpha value is -3.29. The first-order valence-corrected chi connectivity index (χ1v) is 10.9. The summed E-state index contributed by atoms with van der Waals surface area (Å²) < 4.78 is 26.8. The molecule has 0 spiro atoms. The molecule has 1 aliphatic carbocycles. The monoisotopic (exact) mass is 439 g/mol. The summed E-state index contributed by atoms with van der Waals surface area (Å²) in [5, 5.41) is 2.65. The highest BCUT2D eigenvalue weighted by Gasteiger charge is 2.38. The number of nitrogens with one attached hydrogen (secondary N) is 1. The number of hydrogen-bond acceptors (Lipinski definition) is 3. The van der Waals surface area contributed by atoms with E-state index >= 15 is 0 Å². The Kier molecular flexibility index (Phi) is 5.15. The minimum atomic E-state index is -0.721. The van der Waals surface area contributed by atoms with E-state index in [0.29, 0.717) is 12.2 Å². The van der Waals surface area contributed by atoms with Crippen molar-refractivity contribution in [2.45, 2.75) is 32.2 Å². The standard InChI is InChI=1S/C24H23F2N3O3/c25-18-4-3-16(20(26)11-18)12-27-23(31)17-10-22(30)29(13-17)19-5-6-21-15(9-19)7-8-28(21)24(32)14-1-2-14/h3-6,9,11,14,17H,1-2,7-8,10,12-13H2,(H,27,31)/t17-/m1/s1. The summed E-state index contributed by atoms with van der Waals surface area (Å²) in [6, 6.07) is 8.84. The molecule has 0 radical (unpaired) electrons. The number of benzene rings is 2. The van der Waals surface area contributed by atoms with Crippen LogP contribution in [0.4, 0.5) is 20.2 Å². The van der Waals surface area contributed by atoms with Gasteiger partial charge in [-0.1, -0.05) is 6.07 Å². The molecule has 1 atom stereocenters. The number of halogens is 2. The van der Waals surface area contributed by atoms with Crippen molar-refractivity contribution < 1.29 is 23.2 Å². The maximum Gasteiger partial charge on any atom is 0.230 e. The zero-order chi connectivity index (χ0) is 22.4. The predicted octanol–water partition coefficient (Wildman–Crippen LogP) is 2.93. The van der Waals surface area contributed by atoms with E-state index in [0.717, 1.165) is 42.6 Å². The van der Waals surface area contributed by atoms with Crippen LogP contribution in [0.15, 0.2) is 36.4 Å². The van der Waals surface area contributed by atoms with Crippen LogP contribution in [0.2, 0.25) is 0 Å². The highest BCUT2D eigenvalue weighted by Crippen LogP contribution is 2.38. The molecule has 1 saturated heterocycles. The normalized spacial score (nSPS) is 19.9. The van der Waals surface area contributed by atoms with Gasteiger partial charge in [-0.2, -0.15) is 0 Å². The first-order valence-electron chi connectivity index (χ1n) is 10.9. The van der Waals surface area contributed by atoms with E-state index in [9.17, 15) is 23.2 Å². The van der Waals surface area contributed by atoms with Crippen LogP contribution in [0, 0.1) is 23.5 Å². The van der Waals surface area contributed by atoms with Crippen molar-refractivity contribution in [2.75, 3.05) is 22.9 Å². The van der Waals surface area contributed by atoms with E-state index in [4.69, 9.17) is 0 Å². The number of hydrogen-bond donors (Lipinski definition) is 1. The van der Waals surface area contributed by atoms with Gasteiger partial charge in [-0.25, -0.2) is 8.78 Å². The number of carbonyl (C=O) groups excluding carboxylic acids is 3. The Bertz CT molecular complexity index is 1120. The lowest BCUT2D eigenvalue weighted by Gasteiger charge is -2.20. The smallest absolute Gasteiger partial charge is 0.230 e. The van der Waals surface area contributed by atoms with Crippen LogP contribution in [0.5, 0.6) is 0 Å². The maximum absolute atomic E-state index is 13.8. The molecule has 1 N–H and O–H groups in total. The van der Waals surface area contributed by atoms with Gasteiger partial charge < -0.3 is 15.1 Å². The fourth-order valence-electron chi connectivity index (χ4n) is 4.46. The second kappa shape index (κ2) is 8.00. The molecule has 2 heterocycles. The Labute approximate surface area is 184 Å². The van der Waals surface area contributed by atoms with Crippen LogP contribution < -0.4 is 15.1 Å². The molecule has 0 bridgehead atoms. The quantitative estimate of drug-likeness (QED) is 0.779. The third-order valence-corrected chi connectivity index (χ3v) is 6.43. The lowest BCUT2D eigenvalue weighted by molar-refractivity contribution is -0.126. The van der Waals surface area contributed by atoms with Crippen molar-refractivity contribution in [1.29, 1.82) is 0 Å². The highest BCUT2D eigenvalue weighted by atomic mass is 19.1. The second-order valence-electron chi connectivity index (χ2n) is 8.69. The molecule has 3 amide bonds. The van der Waals surface area contributed by atoms with Gasteiger partial charge in [0.05, 0.1) is 5.92 Å². The SMILES string of the molecule is O=C(NCc1ccc(F)cc1F)[C@@H]1CC(=O)N(c2ccc3c(c2)CCN3C(=O)C2CC2)C1. The molecule has 2 aliphatic heterocycles. The summed E-state index contributed by atoms with van der Waals surface area (Å²) in [6.45, 7) is 0.826. The Morgan fingerprint density at radius 2 is 1.88 bits per heavy atom. The number of fused-ring (bicyclic) bond motifs is 1. The molecule has 5 rings (SSSR count). The number of anilines is 2. The molecule has 8 heteroatoms. The zero-order valence-electron chi connectivity index (χ0n) is 17.4. The maximum atomic E-state index is 13.8. The summed E-state index contributed by atoms with van der Waals surface area (Å²) in [4.78, 5) is 41.1. The van der Waals surface area contributed by atoms with E-state index in [1.54, 1.807) is 4.90 Å². The largest absolute Gasteiger partial charge is 0.352 e. The molecule has 2 aromatic carbocycles. The molecule has 1 saturated carbocycles. The molecule has 166 valence electrons. The lowest BCUT2D eigenvalue weighted by Crippen LogP contribution is -2.33. The van der Waals surface area contributed by atoms with Crippen LogP contribution in [0.1, 0.15) is 30.4 Å². The van der Waals surface area contributed by atoms with Gasteiger partial charge in [-0.05, 0) is 49.1 Å². The predicted molar refractivity (Wildman–Crippen MR) is 114 cm³/mol. The average molecular weight is 439 g/mol. The minimum absolute atomic E-state index is 0.0701. The van der Waals surface area contributed by atoms with E-state index in [2.05, 4.69) is 5.32 Å².